The Bertz CT molecular complexity index is 4270. The van der Waals surface area contributed by atoms with Gasteiger partial charge >= 0.3 is 0 Å². The third-order valence-corrected chi connectivity index (χ3v) is 18.2. The summed E-state index contributed by atoms with van der Waals surface area (Å²) in [5.41, 5.74) is 13.7. The van der Waals surface area contributed by atoms with Crippen molar-refractivity contribution >= 4 is 86.7 Å². The fraction of sp³-hybridized carbons (Fsp3) is 0.449. The van der Waals surface area contributed by atoms with E-state index < -0.39 is 59.0 Å². The fourth-order valence-corrected chi connectivity index (χ4v) is 13.0. The number of unbranched alkanes of at least 4 members (excludes halogenated alkanes) is 1. The zero-order valence-electron chi connectivity index (χ0n) is 56.9. The van der Waals surface area contributed by atoms with Gasteiger partial charge in [-0.25, -0.2) is 15.0 Å². The van der Waals surface area contributed by atoms with Gasteiger partial charge < -0.3 is 55.0 Å². The molecule has 8 aromatic rings. The van der Waals surface area contributed by atoms with Crippen LogP contribution in [0.3, 0.4) is 0 Å². The van der Waals surface area contributed by atoms with E-state index in [1.165, 1.54) is 12.0 Å². The molecule has 28 nitrogen and oxygen atoms in total. The molecule has 29 heteroatoms. The third kappa shape index (κ3) is 16.7. The Labute approximate surface area is 571 Å². The number of aromatic nitrogens is 9. The average Bonchev–Trinajstić information content (AvgIpc) is 1.62. The Hall–Kier alpha value is -9.84. The number of carbonyl (C=O) groups excluding carboxylic acids is 7. The van der Waals surface area contributed by atoms with E-state index in [-0.39, 0.29) is 80.2 Å². The summed E-state index contributed by atoms with van der Waals surface area (Å²) in [6, 6.07) is 15.5. The lowest BCUT2D eigenvalue weighted by Gasteiger charge is -2.35. The van der Waals surface area contributed by atoms with Crippen LogP contribution in [0.25, 0.3) is 32.5 Å². The van der Waals surface area contributed by atoms with Crippen LogP contribution in [0.1, 0.15) is 131 Å². The molecule has 2 saturated heterocycles. The first-order chi connectivity index (χ1) is 47.0. The van der Waals surface area contributed by atoms with Gasteiger partial charge in [0.05, 0.1) is 71.5 Å². The maximum atomic E-state index is 14.3. The van der Waals surface area contributed by atoms with Gasteiger partial charge in [-0.2, -0.15) is 10.2 Å². The van der Waals surface area contributed by atoms with Crippen molar-refractivity contribution in [3.05, 3.63) is 123 Å². The number of methoxy groups -OCH3 is 1. The number of allylic oxidation sites excluding steroid dienone is 2. The number of rotatable bonds is 29. The van der Waals surface area contributed by atoms with Crippen LogP contribution in [0.2, 0.25) is 0 Å². The first-order valence-corrected chi connectivity index (χ1v) is 33.9. The third-order valence-electron chi connectivity index (χ3n) is 17.2. The van der Waals surface area contributed by atoms with Gasteiger partial charge in [0.1, 0.15) is 46.0 Å². The minimum atomic E-state index is -1.01. The molecule has 5 aromatic heterocycles. The number of nitrogens with one attached hydrogen (secondary N) is 5. The van der Waals surface area contributed by atoms with Crippen LogP contribution < -0.4 is 41.8 Å². The number of carbonyl (C=O) groups is 7. The van der Waals surface area contributed by atoms with Gasteiger partial charge in [0, 0.05) is 89.4 Å². The number of benzene rings is 3. The van der Waals surface area contributed by atoms with Crippen molar-refractivity contribution in [1.82, 2.24) is 69.4 Å². The Morgan fingerprint density at radius 2 is 1.38 bits per heavy atom. The Kier molecular flexibility index (Phi) is 22.9. The molecule has 7 amide bonds. The summed E-state index contributed by atoms with van der Waals surface area (Å²) in [6.07, 6.45) is 4.28. The lowest BCUT2D eigenvalue weighted by atomic mass is 9.85. The maximum absolute atomic E-state index is 14.3. The van der Waals surface area contributed by atoms with Crippen LogP contribution in [0, 0.1) is 26.2 Å². The number of likely N-dealkylation sites (tertiary alicyclic amines) is 1. The number of morpholine rings is 1. The molecule has 3 atom stereocenters. The smallest absolute Gasteiger partial charge is 0.276 e. The SMILES string of the molecule is CCn1nc(C)cc1C(=O)Nc1nc2cc(C(=O)NCCCCC(=O)N[C@@H](C(=O)N3C[C@H](O)C[C@H]3C(=O)NCc3ccc(-c4scnc4C)cc3)C(C)(C)C)cc(OC)c2n1C/C=C/Cn1c(NC(=O)c2cc(C)nn2CC)nc2cc(C(N)=O)cc(OCCCN3CCOCC3)c21. The van der Waals surface area contributed by atoms with Crippen molar-refractivity contribution in [1.29, 1.82) is 0 Å². The van der Waals surface area contributed by atoms with Crippen LogP contribution in [-0.2, 0) is 51.8 Å². The minimum Gasteiger partial charge on any atom is -0.494 e. The standard InChI is InChI=1S/C69H87N17O11S/c1-10-85-52(31-41(3)79-85)64(92)77-67-75-50-34-47(62(90)71-22-13-12-17-56(88)76-60(69(6,7)8)66(94)84-39-48(87)37-51(84)63(91)72-38-44-18-20-45(21-19-44)59-43(5)73-40-98-59)36-54(95-9)57(50)82(67)24-14-15-25-83-58-49(74-68(83)78-65(93)53-32-42(4)80-86(53)11-2)33-46(61(70)89)35-55(58)97-28-16-23-81-26-29-96-30-27-81/h14-15,18-21,31-36,40,48,51,60,87H,10-13,16-17,22-30,37-39H2,1-9H3,(H2,70,89)(H,71,90)(H,72,91)(H,76,88)(H,74,78,93)(H,75,77,92)/b15-14+/t48-,51+,60+/m1/s1. The topological polar surface area (TPSA) is 344 Å². The second-order valence-corrected chi connectivity index (χ2v) is 26.4. The highest BCUT2D eigenvalue weighted by molar-refractivity contribution is 7.13. The number of nitrogens with two attached hydrogens (primary N) is 1. The number of ether oxygens (including phenoxy) is 3. The van der Waals surface area contributed by atoms with E-state index in [1.807, 2.05) is 78.0 Å². The van der Waals surface area contributed by atoms with Gasteiger partial charge in [-0.1, -0.05) is 57.2 Å². The van der Waals surface area contributed by atoms with Crippen molar-refractivity contribution in [2.75, 3.05) is 70.3 Å². The lowest BCUT2D eigenvalue weighted by Crippen LogP contribution is -2.57. The molecule has 0 unspecified atom stereocenters. The summed E-state index contributed by atoms with van der Waals surface area (Å²) in [5.74, 6) is -2.43. The Morgan fingerprint density at radius 1 is 0.776 bits per heavy atom. The molecular formula is C69H87N17O11S. The summed E-state index contributed by atoms with van der Waals surface area (Å²) >= 11 is 1.55. The van der Waals surface area contributed by atoms with Gasteiger partial charge in [-0.05, 0) is 107 Å². The Balaban J connectivity index is 0.825. The van der Waals surface area contributed by atoms with Gasteiger partial charge in [-0.15, -0.1) is 11.3 Å². The quantitative estimate of drug-likeness (QED) is 0.0193. The number of aliphatic hydroxyl groups excluding tert-OH is 1. The molecule has 0 saturated carbocycles. The number of hydrogen-bond acceptors (Lipinski definition) is 18. The number of amides is 7. The zero-order chi connectivity index (χ0) is 69.9. The van der Waals surface area contributed by atoms with Crippen LogP contribution in [0.15, 0.2) is 78.3 Å². The van der Waals surface area contributed by atoms with E-state index in [0.29, 0.717) is 103 Å². The van der Waals surface area contributed by atoms with Crippen LogP contribution in [-0.4, -0.2) is 178 Å². The predicted octanol–water partition coefficient (Wildman–Crippen LogP) is 6.55. The molecule has 0 bridgehead atoms. The van der Waals surface area contributed by atoms with Gasteiger partial charge in [0.25, 0.3) is 17.7 Å². The van der Waals surface area contributed by atoms with Crippen molar-refractivity contribution < 1.29 is 52.9 Å². The number of imidazole rings is 2. The number of β-amino-alcohol motifs (C(OH)–C–C–N with tert-alkyl or cyclic N) is 1. The number of anilines is 2. The molecule has 0 aliphatic carbocycles. The molecular weight excluding hydrogens is 1270 g/mol. The number of aliphatic hydroxyl groups is 1. The number of hydrogen-bond donors (Lipinski definition) is 7. The van der Waals surface area contributed by atoms with Crippen molar-refractivity contribution in [2.45, 2.75) is 138 Å². The predicted molar refractivity (Wildman–Crippen MR) is 370 cm³/mol. The zero-order valence-corrected chi connectivity index (χ0v) is 57.7. The lowest BCUT2D eigenvalue weighted by molar-refractivity contribution is -0.144. The summed E-state index contributed by atoms with van der Waals surface area (Å²) in [7, 11) is 1.46. The second kappa shape index (κ2) is 31.6. The van der Waals surface area contributed by atoms with Crippen LogP contribution in [0.4, 0.5) is 11.9 Å². The van der Waals surface area contributed by atoms with Crippen LogP contribution >= 0.6 is 11.3 Å². The molecule has 98 heavy (non-hydrogen) atoms. The van der Waals surface area contributed by atoms with E-state index in [2.05, 4.69) is 46.7 Å². The molecule has 0 radical (unpaired) electrons. The summed E-state index contributed by atoms with van der Waals surface area (Å²) < 4.78 is 24.6. The van der Waals surface area contributed by atoms with Gasteiger partial charge in [0.2, 0.25) is 35.5 Å². The molecule has 3 aromatic carbocycles. The van der Waals surface area contributed by atoms with Crippen molar-refractivity contribution in [3.8, 4) is 21.9 Å². The Morgan fingerprint density at radius 3 is 1.95 bits per heavy atom. The van der Waals surface area contributed by atoms with E-state index in [4.69, 9.17) is 29.9 Å². The highest BCUT2D eigenvalue weighted by Gasteiger charge is 2.44. The number of fused-ring (bicyclic) bond motifs is 2. The van der Waals surface area contributed by atoms with E-state index in [9.17, 15) is 38.7 Å². The molecule has 2 fully saturated rings. The highest BCUT2D eigenvalue weighted by atomic mass is 32.1. The number of aryl methyl sites for hydroxylation is 5. The molecule has 8 N–H and O–H groups in total. The summed E-state index contributed by atoms with van der Waals surface area (Å²) in [6.45, 7) is 20.2. The maximum Gasteiger partial charge on any atom is 0.276 e. The van der Waals surface area contributed by atoms with E-state index in [1.54, 1.807) is 85.6 Å². The fourth-order valence-electron chi connectivity index (χ4n) is 12.2. The summed E-state index contributed by atoms with van der Waals surface area (Å²) in [5, 5.41) is 34.4. The molecule has 0 spiro atoms. The molecule has 7 heterocycles. The van der Waals surface area contributed by atoms with Gasteiger partial charge in [-0.3, -0.25) is 58.5 Å². The number of thiazole rings is 1. The molecule has 2 aliphatic heterocycles. The van der Waals surface area contributed by atoms with Crippen molar-refractivity contribution in [2.24, 2.45) is 11.1 Å². The average molecular weight is 1360 g/mol. The normalized spacial score (nSPS) is 15.4. The molecule has 520 valence electrons. The monoisotopic (exact) mass is 1360 g/mol. The minimum absolute atomic E-state index is 0.0360. The molecule has 10 rings (SSSR count). The second-order valence-electron chi connectivity index (χ2n) is 25.5. The van der Waals surface area contributed by atoms with Crippen molar-refractivity contribution in [3.63, 3.8) is 0 Å². The number of nitrogens with zero attached hydrogens (tertiary/aromatic N) is 11. The first kappa shape index (κ1) is 70.9. The van der Waals surface area contributed by atoms with E-state index in [0.717, 1.165) is 41.3 Å². The molecule has 2 aliphatic rings. The van der Waals surface area contributed by atoms with E-state index >= 15 is 0 Å². The first-order valence-electron chi connectivity index (χ1n) is 33.1. The van der Waals surface area contributed by atoms with Gasteiger partial charge in [0.15, 0.2) is 0 Å². The summed E-state index contributed by atoms with van der Waals surface area (Å²) in [4.78, 5) is 115. The van der Waals surface area contributed by atoms with Crippen LogP contribution in [0.5, 0.6) is 11.5 Å². The largest absolute Gasteiger partial charge is 0.494 e. The number of primary amides is 1. The highest BCUT2D eigenvalue weighted by Crippen LogP contribution is 2.35.